The molecule has 2 rings (SSSR count). The normalized spacial score (nSPS) is 19.2. The zero-order chi connectivity index (χ0) is 8.55. The third-order valence-electron chi connectivity index (χ3n) is 2.18. The van der Waals surface area contributed by atoms with E-state index in [0.29, 0.717) is 5.92 Å². The van der Waals surface area contributed by atoms with Crippen LogP contribution in [0.2, 0.25) is 5.02 Å². The molecule has 0 spiro atoms. The monoisotopic (exact) mass is 201 g/mol. The van der Waals surface area contributed by atoms with Gasteiger partial charge in [-0.3, -0.25) is 0 Å². The predicted molar refractivity (Wildman–Crippen MR) is 51.6 cm³/mol. The molecule has 1 aliphatic rings. The molecule has 0 bridgehead atoms. The van der Waals surface area contributed by atoms with Gasteiger partial charge in [0.25, 0.3) is 0 Å². The maximum atomic E-state index is 5.77. The van der Waals surface area contributed by atoms with Gasteiger partial charge < -0.3 is 0 Å². The van der Waals surface area contributed by atoms with Crippen molar-refractivity contribution >= 4 is 23.4 Å². The SMILES string of the molecule is Clc1ccc(C2CN(Cl)C2)cc1. The van der Waals surface area contributed by atoms with Crippen LogP contribution in [0.1, 0.15) is 11.5 Å². The van der Waals surface area contributed by atoms with E-state index in [-0.39, 0.29) is 0 Å². The number of halogens is 2. The fourth-order valence-corrected chi connectivity index (χ4v) is 1.83. The molecule has 1 aromatic rings. The Balaban J connectivity index is 2.09. The average molecular weight is 202 g/mol. The summed E-state index contributed by atoms with van der Waals surface area (Å²) in [5, 5.41) is 0.792. The number of rotatable bonds is 1. The molecule has 0 unspecified atom stereocenters. The summed E-state index contributed by atoms with van der Waals surface area (Å²) in [6.07, 6.45) is 0. The molecule has 0 aliphatic carbocycles. The second-order valence-electron chi connectivity index (χ2n) is 3.08. The highest BCUT2D eigenvalue weighted by atomic mass is 35.5. The van der Waals surface area contributed by atoms with Crippen molar-refractivity contribution in [2.45, 2.75) is 5.92 Å². The largest absolute Gasteiger partial charge is 0.219 e. The Labute approximate surface area is 82.0 Å². The second kappa shape index (κ2) is 3.25. The molecule has 0 atom stereocenters. The summed E-state index contributed by atoms with van der Waals surface area (Å²) in [6, 6.07) is 7.98. The van der Waals surface area contributed by atoms with Gasteiger partial charge in [0.15, 0.2) is 0 Å². The Morgan fingerprint density at radius 1 is 1.17 bits per heavy atom. The number of benzene rings is 1. The fourth-order valence-electron chi connectivity index (χ4n) is 1.37. The third-order valence-corrected chi connectivity index (χ3v) is 2.71. The standard InChI is InChI=1S/C9H9Cl2N/c10-9-3-1-7(2-4-9)8-5-12(11)6-8/h1-4,8H,5-6H2. The van der Waals surface area contributed by atoms with E-state index in [1.165, 1.54) is 5.56 Å². The maximum Gasteiger partial charge on any atom is 0.0406 e. The second-order valence-corrected chi connectivity index (χ2v) is 3.99. The first-order chi connectivity index (χ1) is 5.75. The van der Waals surface area contributed by atoms with Gasteiger partial charge in [0, 0.05) is 24.0 Å². The van der Waals surface area contributed by atoms with E-state index >= 15 is 0 Å². The van der Waals surface area contributed by atoms with E-state index in [9.17, 15) is 0 Å². The van der Waals surface area contributed by atoms with Crippen molar-refractivity contribution in [3.63, 3.8) is 0 Å². The van der Waals surface area contributed by atoms with Crippen LogP contribution in [0.3, 0.4) is 0 Å². The molecule has 0 radical (unpaired) electrons. The van der Waals surface area contributed by atoms with Crippen molar-refractivity contribution in [1.82, 2.24) is 4.42 Å². The lowest BCUT2D eigenvalue weighted by molar-refractivity contribution is 0.278. The Hall–Kier alpha value is -0.240. The summed E-state index contributed by atoms with van der Waals surface area (Å²) in [7, 11) is 0. The Kier molecular flexibility index (Phi) is 2.26. The lowest BCUT2D eigenvalue weighted by atomic mass is 9.94. The molecule has 64 valence electrons. The van der Waals surface area contributed by atoms with E-state index in [0.717, 1.165) is 18.1 Å². The van der Waals surface area contributed by atoms with Gasteiger partial charge in [0.1, 0.15) is 0 Å². The summed E-state index contributed by atoms with van der Waals surface area (Å²) < 4.78 is 1.79. The van der Waals surface area contributed by atoms with Crippen LogP contribution in [-0.4, -0.2) is 17.5 Å². The van der Waals surface area contributed by atoms with Gasteiger partial charge in [-0.15, -0.1) is 0 Å². The molecule has 0 amide bonds. The molecule has 1 heterocycles. The average Bonchev–Trinajstić information content (AvgIpc) is 2.01. The molecule has 0 aromatic heterocycles. The van der Waals surface area contributed by atoms with Crippen molar-refractivity contribution in [2.24, 2.45) is 0 Å². The van der Waals surface area contributed by atoms with Gasteiger partial charge in [0.05, 0.1) is 0 Å². The summed E-state index contributed by atoms with van der Waals surface area (Å²) in [5.41, 5.74) is 1.33. The minimum atomic E-state index is 0.597. The minimum Gasteiger partial charge on any atom is -0.219 e. The van der Waals surface area contributed by atoms with E-state index < -0.39 is 0 Å². The van der Waals surface area contributed by atoms with Gasteiger partial charge in [0.2, 0.25) is 0 Å². The number of nitrogens with zero attached hydrogens (tertiary/aromatic N) is 1. The van der Waals surface area contributed by atoms with Crippen LogP contribution in [-0.2, 0) is 0 Å². The third kappa shape index (κ3) is 1.58. The molecular weight excluding hydrogens is 193 g/mol. The molecule has 1 aliphatic heterocycles. The predicted octanol–water partition coefficient (Wildman–Crippen LogP) is 2.89. The van der Waals surface area contributed by atoms with Gasteiger partial charge in [-0.2, -0.15) is 0 Å². The number of hydrogen-bond donors (Lipinski definition) is 0. The molecule has 12 heavy (non-hydrogen) atoms. The van der Waals surface area contributed by atoms with Crippen LogP contribution in [0.4, 0.5) is 0 Å². The smallest absolute Gasteiger partial charge is 0.0406 e. The lowest BCUT2D eigenvalue weighted by Crippen LogP contribution is -2.37. The molecule has 1 fully saturated rings. The van der Waals surface area contributed by atoms with Gasteiger partial charge in [-0.1, -0.05) is 23.7 Å². The van der Waals surface area contributed by atoms with Crippen LogP contribution in [0, 0.1) is 0 Å². The highest BCUT2D eigenvalue weighted by molar-refractivity contribution is 6.30. The highest BCUT2D eigenvalue weighted by Gasteiger charge is 2.26. The van der Waals surface area contributed by atoms with Crippen LogP contribution in [0.5, 0.6) is 0 Å². The molecule has 1 saturated heterocycles. The molecular formula is C9H9Cl2N. The van der Waals surface area contributed by atoms with E-state index in [1.807, 2.05) is 12.1 Å². The highest BCUT2D eigenvalue weighted by Crippen LogP contribution is 2.28. The summed E-state index contributed by atoms with van der Waals surface area (Å²) in [5.74, 6) is 0.597. The Bertz CT molecular complexity index is 264. The first kappa shape index (κ1) is 8.36. The van der Waals surface area contributed by atoms with Crippen LogP contribution in [0.15, 0.2) is 24.3 Å². The molecule has 3 heteroatoms. The summed E-state index contributed by atoms with van der Waals surface area (Å²) in [4.78, 5) is 0. The van der Waals surface area contributed by atoms with Crippen molar-refractivity contribution in [1.29, 1.82) is 0 Å². The molecule has 1 aromatic carbocycles. The van der Waals surface area contributed by atoms with Crippen LogP contribution < -0.4 is 0 Å². The van der Waals surface area contributed by atoms with Gasteiger partial charge >= 0.3 is 0 Å². The Morgan fingerprint density at radius 2 is 1.75 bits per heavy atom. The van der Waals surface area contributed by atoms with Gasteiger partial charge in [-0.25, -0.2) is 4.42 Å². The number of hydrogen-bond acceptors (Lipinski definition) is 1. The maximum absolute atomic E-state index is 5.77. The van der Waals surface area contributed by atoms with Crippen molar-refractivity contribution in [2.75, 3.05) is 13.1 Å². The Morgan fingerprint density at radius 3 is 2.25 bits per heavy atom. The lowest BCUT2D eigenvalue weighted by Gasteiger charge is -2.33. The zero-order valence-corrected chi connectivity index (χ0v) is 8.02. The van der Waals surface area contributed by atoms with E-state index in [2.05, 4.69) is 12.1 Å². The van der Waals surface area contributed by atoms with Crippen LogP contribution in [0.25, 0.3) is 0 Å². The first-order valence-electron chi connectivity index (χ1n) is 3.92. The van der Waals surface area contributed by atoms with Crippen LogP contribution >= 0.6 is 23.4 Å². The van der Waals surface area contributed by atoms with Crippen molar-refractivity contribution < 1.29 is 0 Å². The van der Waals surface area contributed by atoms with E-state index in [4.69, 9.17) is 23.4 Å². The molecule has 1 nitrogen and oxygen atoms in total. The van der Waals surface area contributed by atoms with E-state index in [1.54, 1.807) is 4.42 Å². The van der Waals surface area contributed by atoms with Gasteiger partial charge in [-0.05, 0) is 29.5 Å². The molecule has 0 N–H and O–H groups in total. The zero-order valence-electron chi connectivity index (χ0n) is 6.50. The van der Waals surface area contributed by atoms with Crippen molar-refractivity contribution in [3.8, 4) is 0 Å². The topological polar surface area (TPSA) is 3.24 Å². The summed E-state index contributed by atoms with van der Waals surface area (Å²) in [6.45, 7) is 1.90. The first-order valence-corrected chi connectivity index (χ1v) is 4.63. The minimum absolute atomic E-state index is 0.597. The quantitative estimate of drug-likeness (QED) is 0.633. The molecule has 0 saturated carbocycles. The fraction of sp³-hybridized carbons (Fsp3) is 0.333. The van der Waals surface area contributed by atoms with Crippen molar-refractivity contribution in [3.05, 3.63) is 34.9 Å². The summed E-state index contributed by atoms with van der Waals surface area (Å²) >= 11 is 11.5.